The van der Waals surface area contributed by atoms with Crippen LogP contribution < -0.4 is 4.57 Å². The lowest BCUT2D eigenvalue weighted by Crippen LogP contribution is -2.38. The number of aromatic nitrogens is 2. The van der Waals surface area contributed by atoms with Gasteiger partial charge in [-0.2, -0.15) is 0 Å². The van der Waals surface area contributed by atoms with Crippen molar-refractivity contribution in [3.8, 4) is 0 Å². The van der Waals surface area contributed by atoms with Gasteiger partial charge in [-0.15, -0.1) is 0 Å². The summed E-state index contributed by atoms with van der Waals surface area (Å²) >= 11 is 0. The fourth-order valence-electron chi connectivity index (χ4n) is 12.1. The van der Waals surface area contributed by atoms with Crippen LogP contribution in [0.25, 0.3) is 0 Å². The molecule has 2 unspecified atom stereocenters. The summed E-state index contributed by atoms with van der Waals surface area (Å²) in [4.78, 5) is 2.93. The van der Waals surface area contributed by atoms with Crippen molar-refractivity contribution in [2.75, 3.05) is 6.54 Å². The van der Waals surface area contributed by atoms with Crippen LogP contribution in [0.1, 0.15) is 333 Å². The molecule has 0 aliphatic carbocycles. The van der Waals surface area contributed by atoms with Gasteiger partial charge in [-0.05, 0) is 42.6 Å². The summed E-state index contributed by atoms with van der Waals surface area (Å²) in [7, 11) is 2.24. The normalized spacial score (nSPS) is 12.9. The van der Waals surface area contributed by atoms with E-state index in [1.165, 1.54) is 299 Å². The molecule has 0 spiro atoms. The van der Waals surface area contributed by atoms with Crippen molar-refractivity contribution in [1.82, 2.24) is 9.47 Å². The van der Waals surface area contributed by atoms with Gasteiger partial charge in [-0.25, -0.2) is 9.13 Å². The van der Waals surface area contributed by atoms with Crippen LogP contribution in [0.4, 0.5) is 0 Å². The Kier molecular flexibility index (Phi) is 42.2. The largest absolute Gasteiger partial charge is 0.292 e. The number of hydrogen-bond acceptors (Lipinski definition) is 1. The lowest BCUT2D eigenvalue weighted by atomic mass is 9.88. The molecule has 1 aromatic heterocycles. The van der Waals surface area contributed by atoms with Crippen molar-refractivity contribution in [1.29, 1.82) is 0 Å². The van der Waals surface area contributed by atoms with Gasteiger partial charge in [0.05, 0.1) is 7.05 Å². The van der Waals surface area contributed by atoms with Crippen LogP contribution in [0.3, 0.4) is 0 Å². The van der Waals surface area contributed by atoms with E-state index in [9.17, 15) is 0 Å². The molecule has 0 N–H and O–H groups in total. The first kappa shape index (κ1) is 65.5. The van der Waals surface area contributed by atoms with Gasteiger partial charge in [-0.3, -0.25) is 4.90 Å². The molecular weight excluding hydrogens is 859 g/mol. The second kappa shape index (κ2) is 45.8. The minimum absolute atomic E-state index is 0.646. The molecule has 0 saturated heterocycles. The summed E-state index contributed by atoms with van der Waals surface area (Å²) < 4.78 is 4.99. The summed E-state index contributed by atoms with van der Waals surface area (Å²) in [5.41, 5.74) is 4.31. The van der Waals surface area contributed by atoms with Crippen LogP contribution in [-0.4, -0.2) is 22.1 Å². The predicted molar refractivity (Wildman–Crippen MR) is 318 cm³/mol. The van der Waals surface area contributed by atoms with Gasteiger partial charge in [-0.1, -0.05) is 322 Å². The molecule has 0 fully saturated rings. The van der Waals surface area contributed by atoms with E-state index in [0.717, 1.165) is 37.4 Å². The molecule has 0 saturated carbocycles. The summed E-state index contributed by atoms with van der Waals surface area (Å²) in [5, 5.41) is 0. The second-order valence-corrected chi connectivity index (χ2v) is 24.4. The molecule has 1 heterocycles. The van der Waals surface area contributed by atoms with Crippen molar-refractivity contribution in [2.45, 2.75) is 351 Å². The zero-order valence-corrected chi connectivity index (χ0v) is 50.1. The van der Waals surface area contributed by atoms with E-state index in [1.54, 1.807) is 0 Å². The highest BCUT2D eigenvalue weighted by Gasteiger charge is 2.24. The molecule has 0 aliphatic rings. The van der Waals surface area contributed by atoms with Gasteiger partial charge in [0.1, 0.15) is 17.9 Å². The summed E-state index contributed by atoms with van der Waals surface area (Å²) in [6.45, 7) is 22.2. The van der Waals surface area contributed by atoms with Crippen molar-refractivity contribution in [2.24, 2.45) is 24.8 Å². The fraction of sp³-hybridized carbons (Fsp3) is 0.868. The van der Waals surface area contributed by atoms with Gasteiger partial charge < -0.3 is 0 Å². The molecule has 2 rings (SSSR count). The molecule has 0 amide bonds. The topological polar surface area (TPSA) is 12.1 Å². The average Bonchev–Trinajstić information content (AvgIpc) is 3.54. The maximum absolute atomic E-state index is 2.93. The molecule has 414 valence electrons. The van der Waals surface area contributed by atoms with Crippen LogP contribution in [0.5, 0.6) is 0 Å². The summed E-state index contributed by atoms with van der Waals surface area (Å²) in [6.07, 6.45) is 62.3. The zero-order valence-electron chi connectivity index (χ0n) is 50.1. The van der Waals surface area contributed by atoms with E-state index in [4.69, 9.17) is 0 Å². The van der Waals surface area contributed by atoms with E-state index in [-0.39, 0.29) is 0 Å². The molecule has 2 atom stereocenters. The smallest absolute Gasteiger partial charge is 0.253 e. The number of benzene rings is 1. The minimum atomic E-state index is 0.646. The van der Waals surface area contributed by atoms with Gasteiger partial charge >= 0.3 is 0 Å². The standard InChI is InChI=1S/C68H128N3/c1-10-12-14-16-18-20-22-24-26-28-30-32-34-36-38-41-50-66(51-42-39-37-35-33-31-29-27-25-23-21-19-17-15-13-11-2)52-45-46-55-68(57-56-62(5)49-47-48-61(3)4)70(60-67-53-43-40-44-54-67)58-59-71-64(7)63(6)69(9)65(71)8/h40,43-44,53-54,61-62,66,68H,10-39,41-42,45-52,55-60H2,1-9H3/q+1. The van der Waals surface area contributed by atoms with Gasteiger partial charge in [0.15, 0.2) is 0 Å². The van der Waals surface area contributed by atoms with Gasteiger partial charge in [0.25, 0.3) is 5.82 Å². The van der Waals surface area contributed by atoms with E-state index in [1.807, 2.05) is 0 Å². The third-order valence-corrected chi connectivity index (χ3v) is 17.5. The number of imidazole rings is 1. The first-order valence-corrected chi connectivity index (χ1v) is 32.5. The third kappa shape index (κ3) is 34.6. The predicted octanol–water partition coefficient (Wildman–Crippen LogP) is 21.8. The molecule has 3 heteroatoms. The molecule has 71 heavy (non-hydrogen) atoms. The van der Waals surface area contributed by atoms with Crippen LogP contribution in [-0.2, 0) is 20.1 Å². The lowest BCUT2D eigenvalue weighted by Gasteiger charge is -2.33. The van der Waals surface area contributed by atoms with Crippen molar-refractivity contribution in [3.63, 3.8) is 0 Å². The fourth-order valence-corrected chi connectivity index (χ4v) is 12.1. The molecular formula is C68H128N3+. The maximum atomic E-state index is 2.93. The maximum Gasteiger partial charge on any atom is 0.253 e. The Morgan fingerprint density at radius 2 is 0.831 bits per heavy atom. The summed E-state index contributed by atoms with van der Waals surface area (Å²) in [5.74, 6) is 3.96. The molecule has 1 aromatic carbocycles. The average molecular weight is 988 g/mol. The van der Waals surface area contributed by atoms with E-state index in [2.05, 4.69) is 107 Å². The Labute approximate surface area is 447 Å². The van der Waals surface area contributed by atoms with Gasteiger partial charge in [0.2, 0.25) is 0 Å². The number of rotatable bonds is 52. The zero-order chi connectivity index (χ0) is 51.4. The third-order valence-electron chi connectivity index (χ3n) is 17.5. The Morgan fingerprint density at radius 3 is 1.23 bits per heavy atom. The first-order chi connectivity index (χ1) is 34.7. The summed E-state index contributed by atoms with van der Waals surface area (Å²) in [6, 6.07) is 12.1. The molecule has 0 bridgehead atoms. The SMILES string of the molecule is CCCCCCCCCCCCCCCCCCC(CCCCCCCCCCCCCCCCCC)CCCCC(CCC(C)CCCC(C)C)N(CCn1c(C)c(C)[n+](C)c1C)Cc1ccccc1. The monoisotopic (exact) mass is 987 g/mol. The van der Waals surface area contributed by atoms with Crippen LogP contribution in [0.15, 0.2) is 30.3 Å². The Balaban J connectivity index is 1.94. The second-order valence-electron chi connectivity index (χ2n) is 24.4. The minimum Gasteiger partial charge on any atom is -0.292 e. The van der Waals surface area contributed by atoms with Crippen LogP contribution in [0, 0.1) is 38.5 Å². The Hall–Kier alpha value is -1.61. The van der Waals surface area contributed by atoms with E-state index in [0.29, 0.717) is 6.04 Å². The molecule has 0 aliphatic heterocycles. The van der Waals surface area contributed by atoms with E-state index < -0.39 is 0 Å². The Bertz CT molecular complexity index is 1360. The lowest BCUT2D eigenvalue weighted by molar-refractivity contribution is -0.683. The van der Waals surface area contributed by atoms with Gasteiger partial charge in [0, 0.05) is 39.9 Å². The highest BCUT2D eigenvalue weighted by molar-refractivity contribution is 5.14. The van der Waals surface area contributed by atoms with Crippen molar-refractivity contribution in [3.05, 3.63) is 53.1 Å². The molecule has 3 nitrogen and oxygen atoms in total. The first-order valence-electron chi connectivity index (χ1n) is 32.5. The van der Waals surface area contributed by atoms with Crippen LogP contribution in [0.2, 0.25) is 0 Å². The highest BCUT2D eigenvalue weighted by atomic mass is 15.2. The van der Waals surface area contributed by atoms with E-state index >= 15 is 0 Å². The molecule has 2 aromatic rings. The quantitative estimate of drug-likeness (QED) is 0.0475. The highest BCUT2D eigenvalue weighted by Crippen LogP contribution is 2.28. The van der Waals surface area contributed by atoms with Crippen molar-refractivity contribution >= 4 is 0 Å². The Morgan fingerprint density at radius 1 is 0.437 bits per heavy atom. The number of nitrogens with zero attached hydrogens (tertiary/aromatic N) is 3. The van der Waals surface area contributed by atoms with Crippen molar-refractivity contribution < 1.29 is 4.57 Å². The number of hydrogen-bond donors (Lipinski definition) is 0. The molecule has 0 radical (unpaired) electrons. The number of unbranched alkanes of at least 4 members (excludes halogenated alkanes) is 31. The van der Waals surface area contributed by atoms with Crippen LogP contribution >= 0.6 is 0 Å².